The summed E-state index contributed by atoms with van der Waals surface area (Å²) in [6.45, 7) is 0. The number of nitrogens with zero attached hydrogens (tertiary/aromatic N) is 2. The molecular formula is C45H28N2S. The van der Waals surface area contributed by atoms with Crippen LogP contribution in [0, 0.1) is 0 Å². The van der Waals surface area contributed by atoms with E-state index in [1.54, 1.807) is 0 Å². The predicted octanol–water partition coefficient (Wildman–Crippen LogP) is 12.7. The molecule has 0 aliphatic carbocycles. The van der Waals surface area contributed by atoms with E-state index in [-0.39, 0.29) is 0 Å². The van der Waals surface area contributed by atoms with Crippen LogP contribution >= 0.6 is 11.3 Å². The minimum absolute atomic E-state index is 0.960. The molecule has 0 N–H and O–H groups in total. The predicted molar refractivity (Wildman–Crippen MR) is 205 cm³/mol. The van der Waals surface area contributed by atoms with Gasteiger partial charge in [-0.25, -0.2) is 4.98 Å². The van der Waals surface area contributed by atoms with E-state index < -0.39 is 0 Å². The molecule has 0 fully saturated rings. The lowest BCUT2D eigenvalue weighted by Gasteiger charge is -2.12. The van der Waals surface area contributed by atoms with Crippen molar-refractivity contribution in [2.24, 2.45) is 0 Å². The topological polar surface area (TPSA) is 17.8 Å². The normalized spacial score (nSPS) is 11.8. The summed E-state index contributed by atoms with van der Waals surface area (Å²) in [4.78, 5) is 5.18. The zero-order chi connectivity index (χ0) is 31.6. The highest BCUT2D eigenvalue weighted by Crippen LogP contribution is 2.45. The Labute approximate surface area is 281 Å². The van der Waals surface area contributed by atoms with E-state index in [1.165, 1.54) is 58.3 Å². The van der Waals surface area contributed by atoms with Crippen molar-refractivity contribution in [1.82, 2.24) is 9.55 Å². The smallest absolute Gasteiger partial charge is 0.0715 e. The molecule has 0 bridgehead atoms. The maximum atomic E-state index is 5.18. The lowest BCUT2D eigenvalue weighted by Crippen LogP contribution is -1.95. The Morgan fingerprint density at radius 1 is 0.417 bits per heavy atom. The van der Waals surface area contributed by atoms with Gasteiger partial charge in [-0.05, 0) is 64.4 Å². The third-order valence-electron chi connectivity index (χ3n) is 9.58. The number of hydrogen-bond acceptors (Lipinski definition) is 2. The zero-order valence-corrected chi connectivity index (χ0v) is 26.8. The van der Waals surface area contributed by atoms with Crippen molar-refractivity contribution in [3.63, 3.8) is 0 Å². The molecule has 2 nitrogen and oxygen atoms in total. The molecule has 7 aromatic carbocycles. The van der Waals surface area contributed by atoms with Gasteiger partial charge in [-0.1, -0.05) is 127 Å². The van der Waals surface area contributed by atoms with Crippen LogP contribution in [0.15, 0.2) is 170 Å². The fraction of sp³-hybridized carbons (Fsp3) is 0. The lowest BCUT2D eigenvalue weighted by atomic mass is 10.00. The van der Waals surface area contributed by atoms with Crippen molar-refractivity contribution >= 4 is 64.1 Å². The fourth-order valence-corrected chi connectivity index (χ4v) is 8.48. The maximum Gasteiger partial charge on any atom is 0.0715 e. The highest BCUT2D eigenvalue weighted by molar-refractivity contribution is 7.26. The number of thiophene rings is 1. The van der Waals surface area contributed by atoms with Crippen molar-refractivity contribution in [1.29, 1.82) is 0 Å². The summed E-state index contributed by atoms with van der Waals surface area (Å²) in [5.41, 5.74) is 10.1. The van der Waals surface area contributed by atoms with Crippen LogP contribution in [0.5, 0.6) is 0 Å². The highest BCUT2D eigenvalue weighted by atomic mass is 32.1. The fourth-order valence-electron chi connectivity index (χ4n) is 7.36. The zero-order valence-electron chi connectivity index (χ0n) is 26.0. The molecule has 0 aliphatic rings. The Morgan fingerprint density at radius 2 is 1.02 bits per heavy atom. The molecule has 0 saturated carbocycles. The van der Waals surface area contributed by atoms with Crippen molar-refractivity contribution in [3.8, 4) is 39.3 Å². The molecule has 0 aliphatic heterocycles. The van der Waals surface area contributed by atoms with Gasteiger partial charge in [-0.2, -0.15) is 0 Å². The third-order valence-corrected chi connectivity index (χ3v) is 10.7. The Balaban J connectivity index is 1.20. The second-order valence-corrected chi connectivity index (χ2v) is 13.4. The molecule has 0 atom stereocenters. The van der Waals surface area contributed by atoms with Crippen LogP contribution in [-0.4, -0.2) is 9.55 Å². The molecule has 0 radical (unpaired) electrons. The number of benzene rings is 7. The Kier molecular flexibility index (Phi) is 6.08. The van der Waals surface area contributed by atoms with Crippen LogP contribution in [-0.2, 0) is 0 Å². The van der Waals surface area contributed by atoms with Crippen LogP contribution in [0.3, 0.4) is 0 Å². The van der Waals surface area contributed by atoms with Gasteiger partial charge in [-0.15, -0.1) is 11.3 Å². The van der Waals surface area contributed by atoms with Crippen LogP contribution < -0.4 is 0 Å². The van der Waals surface area contributed by atoms with E-state index in [9.17, 15) is 0 Å². The van der Waals surface area contributed by atoms with Crippen molar-refractivity contribution in [2.45, 2.75) is 0 Å². The van der Waals surface area contributed by atoms with Gasteiger partial charge in [0.1, 0.15) is 0 Å². The van der Waals surface area contributed by atoms with E-state index >= 15 is 0 Å². The van der Waals surface area contributed by atoms with Crippen LogP contribution in [0.2, 0.25) is 0 Å². The molecular weight excluding hydrogens is 601 g/mol. The number of pyridine rings is 1. The first-order valence-corrected chi connectivity index (χ1v) is 17.1. The first kappa shape index (κ1) is 27.1. The average Bonchev–Trinajstić information content (AvgIpc) is 3.72. The number of aromatic nitrogens is 2. The summed E-state index contributed by atoms with van der Waals surface area (Å²) < 4.78 is 5.10. The minimum Gasteiger partial charge on any atom is -0.309 e. The summed E-state index contributed by atoms with van der Waals surface area (Å²) in [7, 11) is 0. The highest BCUT2D eigenvalue weighted by Gasteiger charge is 2.19. The molecule has 48 heavy (non-hydrogen) atoms. The number of hydrogen-bond donors (Lipinski definition) is 0. The van der Waals surface area contributed by atoms with Gasteiger partial charge in [0, 0.05) is 47.8 Å². The number of para-hydroxylation sites is 1. The van der Waals surface area contributed by atoms with E-state index in [2.05, 4.69) is 168 Å². The first-order chi connectivity index (χ1) is 23.8. The molecule has 0 saturated heterocycles. The van der Waals surface area contributed by atoms with Gasteiger partial charge in [-0.3, -0.25) is 0 Å². The van der Waals surface area contributed by atoms with Gasteiger partial charge in [0.25, 0.3) is 0 Å². The lowest BCUT2D eigenvalue weighted by molar-refractivity contribution is 1.19. The summed E-state index contributed by atoms with van der Waals surface area (Å²) >= 11 is 1.88. The monoisotopic (exact) mass is 628 g/mol. The van der Waals surface area contributed by atoms with Crippen molar-refractivity contribution < 1.29 is 0 Å². The average molecular weight is 629 g/mol. The standard InChI is InChI=1S/C45H28N2S/c1-3-11-29(12-4-1)33-27-38(31-14-5-2-6-15-31)46-39(28-33)32-19-22-34(23-20-32)47-40-18-10-9-17-36(40)37-24-26-42-44(45(37)47)43-35-16-8-7-13-30(35)21-25-41(43)48-42/h1-28H. The SMILES string of the molecule is c1ccc(-c2cc(-c3ccccc3)nc(-c3ccc(-n4c5ccccc5c5ccc6sc7ccc8ccccc8c7c6c54)cc3)c2)cc1. The molecule has 0 unspecified atom stereocenters. The summed E-state index contributed by atoms with van der Waals surface area (Å²) in [6.07, 6.45) is 0. The minimum atomic E-state index is 0.960. The molecule has 3 heterocycles. The molecule has 10 rings (SSSR count). The van der Waals surface area contributed by atoms with E-state index in [0.717, 1.165) is 33.8 Å². The Hall–Kier alpha value is -6.03. The molecule has 3 aromatic heterocycles. The quantitative estimate of drug-likeness (QED) is 0.190. The van der Waals surface area contributed by atoms with Gasteiger partial charge in [0.05, 0.1) is 22.4 Å². The summed E-state index contributed by atoms with van der Waals surface area (Å²) in [5, 5.41) is 7.79. The summed E-state index contributed by atoms with van der Waals surface area (Å²) in [5.74, 6) is 0. The van der Waals surface area contributed by atoms with E-state index in [0.29, 0.717) is 0 Å². The maximum absolute atomic E-state index is 5.18. The number of fused-ring (bicyclic) bond motifs is 9. The molecule has 10 aromatic rings. The van der Waals surface area contributed by atoms with Crippen molar-refractivity contribution in [2.75, 3.05) is 0 Å². The van der Waals surface area contributed by atoms with Crippen LogP contribution in [0.1, 0.15) is 0 Å². The Morgan fingerprint density at radius 3 is 1.79 bits per heavy atom. The molecule has 3 heteroatoms. The largest absolute Gasteiger partial charge is 0.309 e. The molecule has 224 valence electrons. The second kappa shape index (κ2) is 10.8. The van der Waals surface area contributed by atoms with Gasteiger partial charge in [0.2, 0.25) is 0 Å². The van der Waals surface area contributed by atoms with Crippen LogP contribution in [0.4, 0.5) is 0 Å². The van der Waals surface area contributed by atoms with Gasteiger partial charge in [0.15, 0.2) is 0 Å². The molecule has 0 amide bonds. The third kappa shape index (κ3) is 4.22. The second-order valence-electron chi connectivity index (χ2n) is 12.4. The van der Waals surface area contributed by atoms with Crippen molar-refractivity contribution in [3.05, 3.63) is 170 Å². The Bertz CT molecular complexity index is 2750. The van der Waals surface area contributed by atoms with Gasteiger partial charge >= 0.3 is 0 Å². The summed E-state index contributed by atoms with van der Waals surface area (Å²) in [6, 6.07) is 61.1. The molecule has 0 spiro atoms. The van der Waals surface area contributed by atoms with E-state index in [1.807, 2.05) is 17.4 Å². The first-order valence-electron chi connectivity index (χ1n) is 16.3. The van der Waals surface area contributed by atoms with Crippen LogP contribution in [0.25, 0.3) is 92.1 Å². The van der Waals surface area contributed by atoms with E-state index in [4.69, 9.17) is 4.98 Å². The van der Waals surface area contributed by atoms with Gasteiger partial charge < -0.3 is 4.57 Å². The number of rotatable bonds is 4.